The number of carbonyl (C=O) groups is 1. The van der Waals surface area contributed by atoms with Crippen LogP contribution in [0.3, 0.4) is 0 Å². The van der Waals surface area contributed by atoms with Gasteiger partial charge in [0.15, 0.2) is 0 Å². The first-order valence-corrected chi connectivity index (χ1v) is 9.26. The van der Waals surface area contributed by atoms with E-state index in [0.29, 0.717) is 5.92 Å². The third kappa shape index (κ3) is 5.37. The van der Waals surface area contributed by atoms with E-state index in [9.17, 15) is 4.79 Å². The van der Waals surface area contributed by atoms with E-state index in [0.717, 1.165) is 45.1 Å². The van der Waals surface area contributed by atoms with Gasteiger partial charge in [-0.15, -0.1) is 5.10 Å². The Hall–Kier alpha value is -2.24. The van der Waals surface area contributed by atoms with Gasteiger partial charge in [0.05, 0.1) is 0 Å². The van der Waals surface area contributed by atoms with Crippen LogP contribution in [0, 0.1) is 11.8 Å². The van der Waals surface area contributed by atoms with Gasteiger partial charge in [-0.1, -0.05) is 30.3 Å². The molecule has 1 aliphatic rings. The molecule has 0 unspecified atom stereocenters. The fraction of sp³-hybridized carbons (Fsp3) is 0.579. The Morgan fingerprint density at radius 3 is 2.68 bits per heavy atom. The molecule has 1 atom stereocenters. The van der Waals surface area contributed by atoms with Crippen LogP contribution in [-0.2, 0) is 17.8 Å². The number of nitrogens with one attached hydrogen (secondary N) is 1. The maximum atomic E-state index is 12.5. The van der Waals surface area contributed by atoms with E-state index in [1.807, 2.05) is 6.07 Å². The Bertz CT molecular complexity index is 635. The molecular weight excluding hydrogens is 314 g/mol. The monoisotopic (exact) mass is 341 g/mol. The van der Waals surface area contributed by atoms with Crippen LogP contribution in [0.15, 0.2) is 36.7 Å². The summed E-state index contributed by atoms with van der Waals surface area (Å²) in [5.74, 6) is 0.953. The van der Waals surface area contributed by atoms with Gasteiger partial charge >= 0.3 is 0 Å². The van der Waals surface area contributed by atoms with Crippen molar-refractivity contribution in [1.29, 1.82) is 0 Å². The predicted molar refractivity (Wildman–Crippen MR) is 95.6 cm³/mol. The first kappa shape index (κ1) is 17.6. The van der Waals surface area contributed by atoms with E-state index >= 15 is 0 Å². The minimum Gasteiger partial charge on any atom is -0.353 e. The molecule has 1 N–H and O–H groups in total. The average molecular weight is 341 g/mol. The topological polar surface area (TPSA) is 72.7 Å². The number of aryl methyl sites for hydroxylation is 1. The molecule has 25 heavy (non-hydrogen) atoms. The second-order valence-corrected chi connectivity index (χ2v) is 7.18. The molecular formula is C19H27N5O. The summed E-state index contributed by atoms with van der Waals surface area (Å²) in [4.78, 5) is 12.5. The summed E-state index contributed by atoms with van der Waals surface area (Å²) in [6.45, 7) is 2.96. The Balaban J connectivity index is 1.37. The third-order valence-corrected chi connectivity index (χ3v) is 5.15. The number of benzene rings is 1. The van der Waals surface area contributed by atoms with Crippen molar-refractivity contribution >= 4 is 5.91 Å². The molecule has 0 spiro atoms. The van der Waals surface area contributed by atoms with Crippen molar-refractivity contribution < 1.29 is 4.79 Å². The Morgan fingerprint density at radius 1 is 1.24 bits per heavy atom. The van der Waals surface area contributed by atoms with Crippen molar-refractivity contribution in [2.75, 3.05) is 0 Å². The standard InChI is InChI=1S/C19H27N5O/c1-15(7-8-16-5-3-2-4-6-16)21-19(25)18-11-9-17(10-12-18)13-24-14-20-22-23-24/h2-6,14-15,17-18H,7-13H2,1H3,(H,21,25)/t15-,17?,18?/m0/s1. The van der Waals surface area contributed by atoms with E-state index in [4.69, 9.17) is 0 Å². The minimum atomic E-state index is 0.157. The molecule has 0 bridgehead atoms. The highest BCUT2D eigenvalue weighted by molar-refractivity contribution is 5.78. The van der Waals surface area contributed by atoms with Crippen molar-refractivity contribution in [3.05, 3.63) is 42.2 Å². The van der Waals surface area contributed by atoms with Crippen LogP contribution in [0.2, 0.25) is 0 Å². The van der Waals surface area contributed by atoms with E-state index < -0.39 is 0 Å². The highest BCUT2D eigenvalue weighted by atomic mass is 16.1. The molecule has 1 aromatic heterocycles. The number of carbonyl (C=O) groups excluding carboxylic acids is 1. The first-order chi connectivity index (χ1) is 12.2. The number of nitrogens with zero attached hydrogens (tertiary/aromatic N) is 4. The highest BCUT2D eigenvalue weighted by Gasteiger charge is 2.27. The molecule has 2 aromatic rings. The van der Waals surface area contributed by atoms with Gasteiger partial charge in [0.2, 0.25) is 5.91 Å². The molecule has 0 saturated heterocycles. The van der Waals surface area contributed by atoms with Crippen LogP contribution in [0.4, 0.5) is 0 Å². The minimum absolute atomic E-state index is 0.157. The van der Waals surface area contributed by atoms with Gasteiger partial charge in [0.25, 0.3) is 0 Å². The average Bonchev–Trinajstić information content (AvgIpc) is 3.14. The van der Waals surface area contributed by atoms with E-state index in [1.54, 1.807) is 11.0 Å². The first-order valence-electron chi connectivity index (χ1n) is 9.26. The zero-order valence-corrected chi connectivity index (χ0v) is 14.8. The SMILES string of the molecule is C[C@@H](CCc1ccccc1)NC(=O)C1CCC(Cn2cnnn2)CC1. The number of hydrogen-bond acceptors (Lipinski definition) is 4. The number of tetrazole rings is 1. The van der Waals surface area contributed by atoms with E-state index in [2.05, 4.69) is 52.0 Å². The number of amides is 1. The molecule has 6 nitrogen and oxygen atoms in total. The molecule has 1 aromatic carbocycles. The number of rotatable bonds is 7. The maximum absolute atomic E-state index is 12.5. The number of aromatic nitrogens is 4. The fourth-order valence-corrected chi connectivity index (χ4v) is 3.60. The van der Waals surface area contributed by atoms with Crippen molar-refractivity contribution in [2.45, 2.75) is 58.0 Å². The van der Waals surface area contributed by atoms with Crippen LogP contribution in [-0.4, -0.2) is 32.2 Å². The summed E-state index contributed by atoms with van der Waals surface area (Å²) in [6, 6.07) is 10.6. The Kier molecular flexibility index (Phi) is 6.14. The zero-order valence-electron chi connectivity index (χ0n) is 14.8. The third-order valence-electron chi connectivity index (χ3n) is 5.15. The molecule has 1 heterocycles. The van der Waals surface area contributed by atoms with E-state index in [-0.39, 0.29) is 17.9 Å². The maximum Gasteiger partial charge on any atom is 0.223 e. The summed E-state index contributed by atoms with van der Waals surface area (Å²) in [5, 5.41) is 14.5. The van der Waals surface area contributed by atoms with E-state index in [1.165, 1.54) is 5.56 Å². The summed E-state index contributed by atoms with van der Waals surface area (Å²) < 4.78 is 1.79. The van der Waals surface area contributed by atoms with Crippen LogP contribution in [0.5, 0.6) is 0 Å². The lowest BCUT2D eigenvalue weighted by atomic mass is 9.81. The fourth-order valence-electron chi connectivity index (χ4n) is 3.60. The van der Waals surface area contributed by atoms with Gasteiger partial charge in [0.1, 0.15) is 6.33 Å². The van der Waals surface area contributed by atoms with Gasteiger partial charge in [-0.2, -0.15) is 0 Å². The summed E-state index contributed by atoms with van der Waals surface area (Å²) in [6.07, 6.45) is 7.69. The molecule has 1 aliphatic carbocycles. The summed E-state index contributed by atoms with van der Waals surface area (Å²) >= 11 is 0. The van der Waals surface area contributed by atoms with Crippen LogP contribution >= 0.6 is 0 Å². The number of hydrogen-bond donors (Lipinski definition) is 1. The predicted octanol–water partition coefficient (Wildman–Crippen LogP) is 2.62. The highest BCUT2D eigenvalue weighted by Crippen LogP contribution is 2.29. The van der Waals surface area contributed by atoms with Gasteiger partial charge in [-0.25, -0.2) is 4.68 Å². The molecule has 0 radical (unpaired) electrons. The smallest absolute Gasteiger partial charge is 0.223 e. The van der Waals surface area contributed by atoms with Crippen molar-refractivity contribution in [1.82, 2.24) is 25.5 Å². The quantitative estimate of drug-likeness (QED) is 0.840. The lowest BCUT2D eigenvalue weighted by Crippen LogP contribution is -2.39. The van der Waals surface area contributed by atoms with Gasteiger partial charge in [-0.3, -0.25) is 4.79 Å². The van der Waals surface area contributed by atoms with Crippen molar-refractivity contribution in [2.24, 2.45) is 11.8 Å². The van der Waals surface area contributed by atoms with Crippen molar-refractivity contribution in [3.8, 4) is 0 Å². The second kappa shape index (κ2) is 8.74. The van der Waals surface area contributed by atoms with Gasteiger partial charge < -0.3 is 5.32 Å². The largest absolute Gasteiger partial charge is 0.353 e. The van der Waals surface area contributed by atoms with Crippen LogP contribution in [0.1, 0.15) is 44.6 Å². The normalized spacial score (nSPS) is 21.6. The Morgan fingerprint density at radius 2 is 2.00 bits per heavy atom. The van der Waals surface area contributed by atoms with Crippen LogP contribution in [0.25, 0.3) is 0 Å². The summed E-state index contributed by atoms with van der Waals surface area (Å²) in [7, 11) is 0. The van der Waals surface area contributed by atoms with Gasteiger partial charge in [0, 0.05) is 18.5 Å². The molecule has 134 valence electrons. The zero-order chi connectivity index (χ0) is 17.5. The second-order valence-electron chi connectivity index (χ2n) is 7.18. The lowest BCUT2D eigenvalue weighted by molar-refractivity contribution is -0.126. The lowest BCUT2D eigenvalue weighted by Gasteiger charge is -2.28. The summed E-state index contributed by atoms with van der Waals surface area (Å²) in [5.41, 5.74) is 1.33. The molecule has 3 rings (SSSR count). The van der Waals surface area contributed by atoms with Crippen molar-refractivity contribution in [3.63, 3.8) is 0 Å². The molecule has 6 heteroatoms. The molecule has 1 amide bonds. The van der Waals surface area contributed by atoms with Crippen LogP contribution < -0.4 is 5.32 Å². The Labute approximate surface area is 149 Å². The van der Waals surface area contributed by atoms with Gasteiger partial charge in [-0.05, 0) is 67.4 Å². The molecule has 1 saturated carbocycles. The molecule has 0 aliphatic heterocycles. The molecule has 1 fully saturated rings.